The van der Waals surface area contributed by atoms with Gasteiger partial charge in [-0.2, -0.15) is 8.78 Å². The van der Waals surface area contributed by atoms with Gasteiger partial charge in [-0.1, -0.05) is 0 Å². The highest BCUT2D eigenvalue weighted by atomic mass is 19.3. The molecule has 1 heterocycles. The van der Waals surface area contributed by atoms with Crippen LogP contribution in [0.25, 0.3) is 0 Å². The van der Waals surface area contributed by atoms with Gasteiger partial charge in [-0.25, -0.2) is 4.79 Å². The first-order chi connectivity index (χ1) is 8.24. The van der Waals surface area contributed by atoms with Gasteiger partial charge >= 0.3 is 11.9 Å². The number of ether oxygens (including phenoxy) is 1. The predicted molar refractivity (Wildman–Crippen MR) is 62.5 cm³/mol. The van der Waals surface area contributed by atoms with Crippen molar-refractivity contribution in [2.45, 2.75) is 51.2 Å². The van der Waals surface area contributed by atoms with E-state index in [0.29, 0.717) is 13.1 Å². The lowest BCUT2D eigenvalue weighted by Gasteiger charge is -2.42. The minimum atomic E-state index is -3.84. The third kappa shape index (κ3) is 2.80. The number of hydrogen-bond acceptors (Lipinski definition) is 4. The van der Waals surface area contributed by atoms with Gasteiger partial charge in [-0.3, -0.25) is 0 Å². The third-order valence-electron chi connectivity index (χ3n) is 3.47. The summed E-state index contributed by atoms with van der Waals surface area (Å²) >= 11 is 0. The van der Waals surface area contributed by atoms with Crippen molar-refractivity contribution in [1.29, 1.82) is 0 Å². The van der Waals surface area contributed by atoms with Crippen LogP contribution >= 0.6 is 0 Å². The second-order valence-electron chi connectivity index (χ2n) is 4.96. The standard InChI is InChI=1S/C12H21F2NO3/c1-4-18-10(16)12(13,14)11(17)5-7-15(8-6-11)9(2)3/h9,17H,4-8H2,1-3H3. The van der Waals surface area contributed by atoms with Crippen LogP contribution in [-0.4, -0.2) is 53.2 Å². The van der Waals surface area contributed by atoms with Gasteiger partial charge < -0.3 is 14.7 Å². The SMILES string of the molecule is CCOC(=O)C(F)(F)C1(O)CCN(C(C)C)CC1. The van der Waals surface area contributed by atoms with Gasteiger partial charge in [0.25, 0.3) is 0 Å². The van der Waals surface area contributed by atoms with Crippen LogP contribution in [0.4, 0.5) is 8.78 Å². The van der Waals surface area contributed by atoms with Gasteiger partial charge in [0, 0.05) is 19.1 Å². The summed E-state index contributed by atoms with van der Waals surface area (Å²) in [5.74, 6) is -5.47. The summed E-state index contributed by atoms with van der Waals surface area (Å²) in [6.45, 7) is 5.97. The molecule has 0 bridgehead atoms. The van der Waals surface area contributed by atoms with Crippen LogP contribution in [-0.2, 0) is 9.53 Å². The summed E-state index contributed by atoms with van der Waals surface area (Å²) in [6, 6.07) is 0.241. The first-order valence-corrected chi connectivity index (χ1v) is 6.26. The van der Waals surface area contributed by atoms with E-state index in [4.69, 9.17) is 0 Å². The Morgan fingerprint density at radius 3 is 2.33 bits per heavy atom. The first kappa shape index (κ1) is 15.3. The highest BCUT2D eigenvalue weighted by Crippen LogP contribution is 2.38. The van der Waals surface area contributed by atoms with Crippen LogP contribution in [0, 0.1) is 0 Å². The summed E-state index contributed by atoms with van der Waals surface area (Å²) in [4.78, 5) is 13.2. The maximum absolute atomic E-state index is 13.9. The minimum Gasteiger partial charge on any atom is -0.461 e. The van der Waals surface area contributed by atoms with Gasteiger partial charge in [0.15, 0.2) is 0 Å². The Morgan fingerprint density at radius 2 is 1.94 bits per heavy atom. The molecule has 1 saturated heterocycles. The quantitative estimate of drug-likeness (QED) is 0.781. The lowest BCUT2D eigenvalue weighted by atomic mass is 9.84. The number of carbonyl (C=O) groups excluding carboxylic acids is 1. The van der Waals surface area contributed by atoms with Crippen molar-refractivity contribution in [2.75, 3.05) is 19.7 Å². The first-order valence-electron chi connectivity index (χ1n) is 6.26. The smallest absolute Gasteiger partial charge is 0.380 e. The molecule has 106 valence electrons. The second-order valence-corrected chi connectivity index (χ2v) is 4.96. The van der Waals surface area contributed by atoms with Gasteiger partial charge in [0.2, 0.25) is 0 Å². The normalized spacial score (nSPS) is 21.1. The van der Waals surface area contributed by atoms with Crippen LogP contribution in [0.3, 0.4) is 0 Å². The molecular weight excluding hydrogens is 244 g/mol. The highest BCUT2D eigenvalue weighted by Gasteiger charge is 2.60. The molecule has 0 saturated carbocycles. The minimum absolute atomic E-state index is 0.122. The Kier molecular flexibility index (Phi) is 4.66. The van der Waals surface area contributed by atoms with E-state index in [2.05, 4.69) is 4.74 Å². The fourth-order valence-corrected chi connectivity index (χ4v) is 2.14. The van der Waals surface area contributed by atoms with Crippen molar-refractivity contribution < 1.29 is 23.4 Å². The molecule has 1 aliphatic heterocycles. The number of piperidine rings is 1. The lowest BCUT2D eigenvalue weighted by molar-refractivity contribution is -0.223. The Balaban J connectivity index is 2.73. The van der Waals surface area contributed by atoms with Crippen LogP contribution in [0.2, 0.25) is 0 Å². The van der Waals surface area contributed by atoms with Gasteiger partial charge in [0.1, 0.15) is 5.60 Å². The Hall–Kier alpha value is -0.750. The number of esters is 1. The molecule has 1 rings (SSSR count). The summed E-state index contributed by atoms with van der Waals surface area (Å²) in [7, 11) is 0. The summed E-state index contributed by atoms with van der Waals surface area (Å²) in [5.41, 5.74) is -2.29. The number of carbonyl (C=O) groups is 1. The molecule has 0 atom stereocenters. The number of alkyl halides is 2. The highest BCUT2D eigenvalue weighted by molar-refractivity contribution is 5.79. The van der Waals surface area contributed by atoms with E-state index >= 15 is 0 Å². The van der Waals surface area contributed by atoms with E-state index in [1.165, 1.54) is 6.92 Å². The summed E-state index contributed by atoms with van der Waals surface area (Å²) < 4.78 is 32.1. The zero-order chi connectivity index (χ0) is 14.0. The molecule has 0 amide bonds. The molecule has 0 spiro atoms. The van der Waals surface area contributed by atoms with E-state index in [-0.39, 0.29) is 25.5 Å². The van der Waals surface area contributed by atoms with E-state index in [1.54, 1.807) is 0 Å². The van der Waals surface area contributed by atoms with Crippen molar-refractivity contribution >= 4 is 5.97 Å². The molecule has 0 unspecified atom stereocenters. The van der Waals surface area contributed by atoms with Crippen molar-refractivity contribution in [1.82, 2.24) is 4.90 Å². The topological polar surface area (TPSA) is 49.8 Å². The number of halogens is 2. The number of nitrogens with zero attached hydrogens (tertiary/aromatic N) is 1. The second kappa shape index (κ2) is 5.48. The largest absolute Gasteiger partial charge is 0.461 e. The van der Waals surface area contributed by atoms with Crippen molar-refractivity contribution in [3.05, 3.63) is 0 Å². The predicted octanol–water partition coefficient (Wildman–Crippen LogP) is 1.42. The zero-order valence-electron chi connectivity index (χ0n) is 11.1. The van der Waals surface area contributed by atoms with Crippen LogP contribution in [0.15, 0.2) is 0 Å². The number of rotatable bonds is 4. The molecule has 1 N–H and O–H groups in total. The van der Waals surface area contributed by atoms with E-state index in [1.807, 2.05) is 18.7 Å². The van der Waals surface area contributed by atoms with Crippen LogP contribution in [0.5, 0.6) is 0 Å². The molecule has 0 radical (unpaired) electrons. The molecule has 4 nitrogen and oxygen atoms in total. The van der Waals surface area contributed by atoms with Crippen LogP contribution < -0.4 is 0 Å². The van der Waals surface area contributed by atoms with E-state index < -0.39 is 17.5 Å². The van der Waals surface area contributed by atoms with Gasteiger partial charge in [-0.15, -0.1) is 0 Å². The molecule has 6 heteroatoms. The molecule has 0 aromatic heterocycles. The molecule has 18 heavy (non-hydrogen) atoms. The van der Waals surface area contributed by atoms with Crippen molar-refractivity contribution in [3.8, 4) is 0 Å². The maximum Gasteiger partial charge on any atom is 0.380 e. The molecule has 1 aliphatic rings. The Labute approximate surface area is 106 Å². The molecule has 0 aromatic rings. The average Bonchev–Trinajstić information content (AvgIpc) is 2.29. The number of likely N-dealkylation sites (tertiary alicyclic amines) is 1. The molecular formula is C12H21F2NO3. The van der Waals surface area contributed by atoms with E-state index in [9.17, 15) is 18.7 Å². The maximum atomic E-state index is 13.9. The number of aliphatic hydroxyl groups is 1. The zero-order valence-corrected chi connectivity index (χ0v) is 11.1. The molecule has 0 aromatic carbocycles. The van der Waals surface area contributed by atoms with Gasteiger partial charge in [0.05, 0.1) is 6.61 Å². The van der Waals surface area contributed by atoms with Gasteiger partial charge in [-0.05, 0) is 33.6 Å². The number of hydrogen-bond donors (Lipinski definition) is 1. The van der Waals surface area contributed by atoms with Crippen molar-refractivity contribution in [3.63, 3.8) is 0 Å². The molecule has 1 fully saturated rings. The fourth-order valence-electron chi connectivity index (χ4n) is 2.14. The molecule has 0 aliphatic carbocycles. The van der Waals surface area contributed by atoms with Crippen molar-refractivity contribution in [2.24, 2.45) is 0 Å². The monoisotopic (exact) mass is 265 g/mol. The summed E-state index contributed by atoms with van der Waals surface area (Å²) in [5, 5.41) is 10.0. The van der Waals surface area contributed by atoms with Crippen LogP contribution in [0.1, 0.15) is 33.6 Å². The Morgan fingerprint density at radius 1 is 1.44 bits per heavy atom. The fraction of sp³-hybridized carbons (Fsp3) is 0.917. The third-order valence-corrected chi connectivity index (χ3v) is 3.47. The van der Waals surface area contributed by atoms with E-state index in [0.717, 1.165) is 0 Å². The Bertz CT molecular complexity index is 300. The lowest BCUT2D eigenvalue weighted by Crippen LogP contribution is -2.59. The summed E-state index contributed by atoms with van der Waals surface area (Å²) in [6.07, 6.45) is -0.256. The average molecular weight is 265 g/mol.